The highest BCUT2D eigenvalue weighted by Crippen LogP contribution is 2.26. The van der Waals surface area contributed by atoms with Gasteiger partial charge >= 0.3 is 0 Å². The topological polar surface area (TPSA) is 78.9 Å². The van der Waals surface area contributed by atoms with Crippen molar-refractivity contribution < 1.29 is 19.4 Å². The Labute approximate surface area is 172 Å². The van der Waals surface area contributed by atoms with Crippen molar-refractivity contribution in [2.24, 2.45) is 5.92 Å². The Hall–Kier alpha value is -2.86. The summed E-state index contributed by atoms with van der Waals surface area (Å²) in [6.45, 7) is 4.31. The summed E-state index contributed by atoms with van der Waals surface area (Å²) in [5.74, 6) is 0.112. The molecule has 2 N–H and O–H groups in total. The predicted octanol–water partition coefficient (Wildman–Crippen LogP) is 2.92. The first-order valence-corrected chi connectivity index (χ1v) is 9.84. The first kappa shape index (κ1) is 22.4. The van der Waals surface area contributed by atoms with Crippen LogP contribution in [0.5, 0.6) is 5.75 Å². The molecule has 0 aliphatic heterocycles. The molecule has 0 bridgehead atoms. The van der Waals surface area contributed by atoms with Gasteiger partial charge in [0.2, 0.25) is 11.8 Å². The quantitative estimate of drug-likeness (QED) is 0.603. The molecule has 29 heavy (non-hydrogen) atoms. The molecule has 2 aromatic carbocycles. The van der Waals surface area contributed by atoms with E-state index in [0.717, 1.165) is 16.9 Å². The fourth-order valence-electron chi connectivity index (χ4n) is 3.05. The number of ether oxygens (including phenoxy) is 1. The van der Waals surface area contributed by atoms with Gasteiger partial charge in [-0.2, -0.15) is 0 Å². The highest BCUT2D eigenvalue weighted by molar-refractivity contribution is 5.89. The third kappa shape index (κ3) is 6.32. The molecule has 0 spiro atoms. The number of rotatable bonds is 10. The van der Waals surface area contributed by atoms with Crippen LogP contribution in [0.1, 0.15) is 37.4 Å². The Morgan fingerprint density at radius 1 is 1.07 bits per heavy atom. The standard InChI is InChI=1S/C23H30N2O4/c1-17(2)23(28)25(16-18-10-12-20(29-3)13-11-18)21(19-8-5-4-6-9-19)22(27)24-14-7-15-26/h4-6,8-13,17,21,26H,7,14-16H2,1-3H3,(H,24,27)/t21-/m1/s1. The molecule has 0 saturated heterocycles. The molecule has 0 fully saturated rings. The van der Waals surface area contributed by atoms with Gasteiger partial charge in [-0.05, 0) is 29.7 Å². The number of benzene rings is 2. The molecule has 0 aliphatic rings. The van der Waals surface area contributed by atoms with Gasteiger partial charge in [0.25, 0.3) is 0 Å². The molecule has 0 saturated carbocycles. The Kier molecular flexibility index (Phi) is 8.68. The number of aliphatic hydroxyl groups excluding tert-OH is 1. The monoisotopic (exact) mass is 398 g/mol. The normalized spacial score (nSPS) is 11.8. The molecule has 0 unspecified atom stereocenters. The van der Waals surface area contributed by atoms with Gasteiger partial charge in [-0.1, -0.05) is 56.3 Å². The third-order valence-corrected chi connectivity index (χ3v) is 4.60. The lowest BCUT2D eigenvalue weighted by Crippen LogP contribution is -2.45. The number of aliphatic hydroxyl groups is 1. The number of carbonyl (C=O) groups is 2. The SMILES string of the molecule is COc1ccc(CN(C(=O)C(C)C)[C@@H](C(=O)NCCCO)c2ccccc2)cc1. The van der Waals surface area contributed by atoms with Crippen molar-refractivity contribution in [3.05, 3.63) is 65.7 Å². The van der Waals surface area contributed by atoms with Gasteiger partial charge in [0, 0.05) is 25.6 Å². The van der Waals surface area contributed by atoms with E-state index in [1.54, 1.807) is 12.0 Å². The van der Waals surface area contributed by atoms with Gasteiger partial charge in [-0.3, -0.25) is 9.59 Å². The molecule has 2 aromatic rings. The van der Waals surface area contributed by atoms with E-state index in [1.807, 2.05) is 68.4 Å². The Morgan fingerprint density at radius 3 is 2.28 bits per heavy atom. The van der Waals surface area contributed by atoms with Crippen molar-refractivity contribution in [3.8, 4) is 5.75 Å². The summed E-state index contributed by atoms with van der Waals surface area (Å²) in [7, 11) is 1.60. The Bertz CT molecular complexity index is 775. The van der Waals surface area contributed by atoms with Crippen molar-refractivity contribution in [1.29, 1.82) is 0 Å². The minimum Gasteiger partial charge on any atom is -0.497 e. The molecule has 2 rings (SSSR count). The number of methoxy groups -OCH3 is 1. The average molecular weight is 399 g/mol. The maximum atomic E-state index is 13.1. The van der Waals surface area contributed by atoms with Crippen LogP contribution in [0.15, 0.2) is 54.6 Å². The lowest BCUT2D eigenvalue weighted by molar-refractivity contribution is -0.144. The Morgan fingerprint density at radius 2 is 1.72 bits per heavy atom. The van der Waals surface area contributed by atoms with Gasteiger partial charge in [0.05, 0.1) is 7.11 Å². The van der Waals surface area contributed by atoms with Gasteiger partial charge in [-0.25, -0.2) is 0 Å². The molecule has 2 amide bonds. The van der Waals surface area contributed by atoms with E-state index >= 15 is 0 Å². The summed E-state index contributed by atoms with van der Waals surface area (Å²) in [5.41, 5.74) is 1.65. The predicted molar refractivity (Wildman–Crippen MR) is 112 cm³/mol. The maximum Gasteiger partial charge on any atom is 0.247 e. The molecule has 0 aromatic heterocycles. The van der Waals surface area contributed by atoms with E-state index in [1.165, 1.54) is 0 Å². The van der Waals surface area contributed by atoms with Crippen LogP contribution >= 0.6 is 0 Å². The first-order chi connectivity index (χ1) is 14.0. The molecule has 156 valence electrons. The maximum absolute atomic E-state index is 13.1. The number of hydrogen-bond acceptors (Lipinski definition) is 4. The fourth-order valence-corrected chi connectivity index (χ4v) is 3.05. The number of amides is 2. The highest BCUT2D eigenvalue weighted by atomic mass is 16.5. The summed E-state index contributed by atoms with van der Waals surface area (Å²) in [6, 6.07) is 16.0. The molecule has 6 heteroatoms. The van der Waals surface area contributed by atoms with Crippen molar-refractivity contribution in [2.75, 3.05) is 20.3 Å². The molecule has 0 radical (unpaired) electrons. The van der Waals surface area contributed by atoms with Crippen LogP contribution in [0.2, 0.25) is 0 Å². The molecule has 0 heterocycles. The second-order valence-corrected chi connectivity index (χ2v) is 7.15. The zero-order valence-electron chi connectivity index (χ0n) is 17.3. The average Bonchev–Trinajstić information content (AvgIpc) is 2.74. The molecule has 0 aliphatic carbocycles. The zero-order chi connectivity index (χ0) is 21.2. The van der Waals surface area contributed by atoms with Crippen molar-refractivity contribution in [3.63, 3.8) is 0 Å². The molecule has 1 atom stereocenters. The number of nitrogens with one attached hydrogen (secondary N) is 1. The zero-order valence-corrected chi connectivity index (χ0v) is 17.3. The van der Waals surface area contributed by atoms with Crippen LogP contribution in [-0.2, 0) is 16.1 Å². The number of hydrogen-bond donors (Lipinski definition) is 2. The minimum atomic E-state index is -0.758. The summed E-state index contributed by atoms with van der Waals surface area (Å²) < 4.78 is 5.20. The highest BCUT2D eigenvalue weighted by Gasteiger charge is 2.32. The van der Waals surface area contributed by atoms with Crippen LogP contribution in [0.25, 0.3) is 0 Å². The van der Waals surface area contributed by atoms with Gasteiger partial charge in [0.1, 0.15) is 11.8 Å². The number of carbonyl (C=O) groups excluding carboxylic acids is 2. The molecular weight excluding hydrogens is 368 g/mol. The summed E-state index contributed by atoms with van der Waals surface area (Å²) >= 11 is 0. The van der Waals surface area contributed by atoms with E-state index in [4.69, 9.17) is 9.84 Å². The van der Waals surface area contributed by atoms with Gasteiger partial charge in [0.15, 0.2) is 0 Å². The van der Waals surface area contributed by atoms with Gasteiger partial charge < -0.3 is 20.1 Å². The van der Waals surface area contributed by atoms with Crippen molar-refractivity contribution in [1.82, 2.24) is 10.2 Å². The minimum absolute atomic E-state index is 0.00320. The van der Waals surface area contributed by atoms with Crippen LogP contribution < -0.4 is 10.1 Å². The van der Waals surface area contributed by atoms with E-state index in [9.17, 15) is 9.59 Å². The molecular formula is C23H30N2O4. The summed E-state index contributed by atoms with van der Waals surface area (Å²) in [5, 5.41) is 11.9. The Balaban J connectivity index is 2.39. The van der Waals surface area contributed by atoms with E-state index in [0.29, 0.717) is 19.5 Å². The lowest BCUT2D eigenvalue weighted by Gasteiger charge is -2.33. The van der Waals surface area contributed by atoms with Crippen LogP contribution in [0.4, 0.5) is 0 Å². The van der Waals surface area contributed by atoms with Crippen LogP contribution in [-0.4, -0.2) is 42.1 Å². The van der Waals surface area contributed by atoms with E-state index in [-0.39, 0.29) is 24.3 Å². The number of nitrogens with zero attached hydrogens (tertiary/aromatic N) is 1. The molecule has 6 nitrogen and oxygen atoms in total. The smallest absolute Gasteiger partial charge is 0.247 e. The van der Waals surface area contributed by atoms with Crippen LogP contribution in [0.3, 0.4) is 0 Å². The summed E-state index contributed by atoms with van der Waals surface area (Å²) in [4.78, 5) is 27.8. The summed E-state index contributed by atoms with van der Waals surface area (Å²) in [6.07, 6.45) is 0.462. The lowest BCUT2D eigenvalue weighted by atomic mass is 10.0. The fraction of sp³-hybridized carbons (Fsp3) is 0.391. The van der Waals surface area contributed by atoms with Gasteiger partial charge in [-0.15, -0.1) is 0 Å². The second kappa shape index (κ2) is 11.2. The largest absolute Gasteiger partial charge is 0.497 e. The third-order valence-electron chi connectivity index (χ3n) is 4.60. The van der Waals surface area contributed by atoms with Crippen molar-refractivity contribution >= 4 is 11.8 Å². The van der Waals surface area contributed by atoms with Crippen molar-refractivity contribution in [2.45, 2.75) is 32.9 Å². The second-order valence-electron chi connectivity index (χ2n) is 7.15. The van der Waals surface area contributed by atoms with Crippen LogP contribution in [0, 0.1) is 5.92 Å². The first-order valence-electron chi connectivity index (χ1n) is 9.84. The van der Waals surface area contributed by atoms with E-state index in [2.05, 4.69) is 5.32 Å². The van der Waals surface area contributed by atoms with E-state index < -0.39 is 6.04 Å².